The Morgan fingerprint density at radius 3 is 3.07 bits per heavy atom. The predicted molar refractivity (Wildman–Crippen MR) is 54.7 cm³/mol. The first-order chi connectivity index (χ1) is 7.15. The SMILES string of the molecule is CC[C@H]1[C@@H]2CCN(C)C(=O)C2=CO[C@@H]1O. The monoisotopic (exact) mass is 211 g/mol. The largest absolute Gasteiger partial charge is 0.472 e. The van der Waals surface area contributed by atoms with Crippen LogP contribution in [0, 0.1) is 11.8 Å². The second kappa shape index (κ2) is 3.85. The van der Waals surface area contributed by atoms with Crippen molar-refractivity contribution >= 4 is 5.91 Å². The van der Waals surface area contributed by atoms with E-state index in [1.54, 1.807) is 11.9 Å². The highest BCUT2D eigenvalue weighted by molar-refractivity contribution is 5.94. The molecule has 84 valence electrons. The number of fused-ring (bicyclic) bond motifs is 1. The van der Waals surface area contributed by atoms with Crippen LogP contribution in [0.1, 0.15) is 19.8 Å². The van der Waals surface area contributed by atoms with E-state index in [0.29, 0.717) is 0 Å². The van der Waals surface area contributed by atoms with Crippen molar-refractivity contribution in [1.29, 1.82) is 0 Å². The van der Waals surface area contributed by atoms with E-state index in [0.717, 1.165) is 25.0 Å². The molecule has 4 heteroatoms. The maximum Gasteiger partial charge on any atom is 0.252 e. The van der Waals surface area contributed by atoms with Gasteiger partial charge in [-0.25, -0.2) is 0 Å². The number of likely N-dealkylation sites (tertiary alicyclic amines) is 1. The normalized spacial score (nSPS) is 35.7. The van der Waals surface area contributed by atoms with Gasteiger partial charge in [-0.15, -0.1) is 0 Å². The summed E-state index contributed by atoms with van der Waals surface area (Å²) >= 11 is 0. The molecular formula is C11H17NO3. The number of nitrogens with zero attached hydrogens (tertiary/aromatic N) is 1. The molecule has 15 heavy (non-hydrogen) atoms. The minimum atomic E-state index is -0.750. The minimum absolute atomic E-state index is 0.0385. The Labute approximate surface area is 89.5 Å². The van der Waals surface area contributed by atoms with Crippen LogP contribution in [0.5, 0.6) is 0 Å². The van der Waals surface area contributed by atoms with E-state index in [1.165, 1.54) is 6.26 Å². The van der Waals surface area contributed by atoms with Gasteiger partial charge in [-0.1, -0.05) is 6.92 Å². The number of amides is 1. The quantitative estimate of drug-likeness (QED) is 0.695. The molecule has 0 aromatic rings. The number of ether oxygens (including phenoxy) is 1. The summed E-state index contributed by atoms with van der Waals surface area (Å²) in [6, 6.07) is 0. The number of carbonyl (C=O) groups is 1. The zero-order chi connectivity index (χ0) is 11.0. The van der Waals surface area contributed by atoms with E-state index in [-0.39, 0.29) is 17.7 Å². The third kappa shape index (κ3) is 1.63. The summed E-state index contributed by atoms with van der Waals surface area (Å²) in [5.41, 5.74) is 0.723. The van der Waals surface area contributed by atoms with E-state index in [9.17, 15) is 9.90 Å². The molecule has 2 aliphatic heterocycles. The van der Waals surface area contributed by atoms with E-state index in [1.807, 2.05) is 6.92 Å². The van der Waals surface area contributed by atoms with Gasteiger partial charge < -0.3 is 14.7 Å². The Morgan fingerprint density at radius 1 is 1.67 bits per heavy atom. The molecule has 2 rings (SSSR count). The molecule has 0 saturated carbocycles. The van der Waals surface area contributed by atoms with Gasteiger partial charge in [-0.3, -0.25) is 4.79 Å². The number of aliphatic hydroxyl groups excluding tert-OH is 1. The van der Waals surface area contributed by atoms with Crippen LogP contribution >= 0.6 is 0 Å². The third-order valence-corrected chi connectivity index (χ3v) is 3.46. The van der Waals surface area contributed by atoms with Crippen molar-refractivity contribution in [1.82, 2.24) is 4.90 Å². The number of likely N-dealkylation sites (N-methyl/N-ethyl adjacent to an activating group) is 1. The molecule has 4 nitrogen and oxygen atoms in total. The van der Waals surface area contributed by atoms with Crippen molar-refractivity contribution in [2.75, 3.05) is 13.6 Å². The van der Waals surface area contributed by atoms with E-state index in [2.05, 4.69) is 0 Å². The maximum absolute atomic E-state index is 11.8. The number of rotatable bonds is 1. The van der Waals surface area contributed by atoms with Gasteiger partial charge >= 0.3 is 0 Å². The number of aliphatic hydroxyl groups is 1. The average Bonchev–Trinajstić information content (AvgIpc) is 2.23. The molecule has 0 radical (unpaired) electrons. The Hall–Kier alpha value is -1.03. The first-order valence-corrected chi connectivity index (χ1v) is 5.44. The summed E-state index contributed by atoms with van der Waals surface area (Å²) < 4.78 is 5.12. The molecule has 1 saturated heterocycles. The van der Waals surface area contributed by atoms with Gasteiger partial charge in [0, 0.05) is 25.4 Å². The molecule has 0 aromatic carbocycles. The van der Waals surface area contributed by atoms with Gasteiger partial charge in [-0.05, 0) is 12.8 Å². The molecule has 0 spiro atoms. The van der Waals surface area contributed by atoms with Crippen molar-refractivity contribution in [2.24, 2.45) is 11.8 Å². The van der Waals surface area contributed by atoms with Crippen LogP contribution in [-0.4, -0.2) is 35.8 Å². The fraction of sp³-hybridized carbons (Fsp3) is 0.727. The highest BCUT2D eigenvalue weighted by Crippen LogP contribution is 2.37. The molecule has 1 fully saturated rings. The first kappa shape index (κ1) is 10.5. The molecule has 3 atom stereocenters. The van der Waals surface area contributed by atoms with Crippen molar-refractivity contribution in [2.45, 2.75) is 26.1 Å². The van der Waals surface area contributed by atoms with Gasteiger partial charge in [0.1, 0.15) is 0 Å². The summed E-state index contributed by atoms with van der Waals surface area (Å²) in [5, 5.41) is 9.67. The lowest BCUT2D eigenvalue weighted by atomic mass is 9.78. The zero-order valence-electron chi connectivity index (χ0n) is 9.14. The first-order valence-electron chi connectivity index (χ1n) is 5.44. The lowest BCUT2D eigenvalue weighted by Crippen LogP contribution is -2.45. The summed E-state index contributed by atoms with van der Waals surface area (Å²) in [6.45, 7) is 2.78. The van der Waals surface area contributed by atoms with Gasteiger partial charge in [0.25, 0.3) is 5.91 Å². The number of piperidine rings is 1. The van der Waals surface area contributed by atoms with Gasteiger partial charge in [0.05, 0.1) is 11.8 Å². The average molecular weight is 211 g/mol. The molecule has 0 unspecified atom stereocenters. The molecule has 1 amide bonds. The van der Waals surface area contributed by atoms with Gasteiger partial charge in [0.2, 0.25) is 0 Å². The molecule has 0 aliphatic carbocycles. The highest BCUT2D eigenvalue weighted by Gasteiger charge is 2.40. The number of hydrogen-bond donors (Lipinski definition) is 1. The summed E-state index contributed by atoms with van der Waals surface area (Å²) in [7, 11) is 1.80. The van der Waals surface area contributed by atoms with Crippen molar-refractivity contribution in [3.63, 3.8) is 0 Å². The predicted octanol–water partition coefficient (Wildman–Crippen LogP) is 0.723. The Morgan fingerprint density at radius 2 is 2.40 bits per heavy atom. The molecule has 0 bridgehead atoms. The molecule has 2 aliphatic rings. The van der Waals surface area contributed by atoms with Gasteiger partial charge in [-0.2, -0.15) is 0 Å². The third-order valence-electron chi connectivity index (χ3n) is 3.46. The molecule has 0 aromatic heterocycles. The van der Waals surface area contributed by atoms with Crippen molar-refractivity contribution in [3.05, 3.63) is 11.8 Å². The number of hydrogen-bond acceptors (Lipinski definition) is 3. The fourth-order valence-electron chi connectivity index (χ4n) is 2.48. The lowest BCUT2D eigenvalue weighted by Gasteiger charge is -2.39. The summed E-state index contributed by atoms with van der Waals surface area (Å²) in [6.07, 6.45) is 2.45. The summed E-state index contributed by atoms with van der Waals surface area (Å²) in [5.74, 6) is 0.265. The Bertz CT molecular complexity index is 300. The van der Waals surface area contributed by atoms with Crippen LogP contribution in [-0.2, 0) is 9.53 Å². The Balaban J connectivity index is 2.26. The van der Waals surface area contributed by atoms with Crippen LogP contribution < -0.4 is 0 Å². The van der Waals surface area contributed by atoms with E-state index < -0.39 is 6.29 Å². The zero-order valence-corrected chi connectivity index (χ0v) is 9.14. The van der Waals surface area contributed by atoms with Gasteiger partial charge in [0.15, 0.2) is 6.29 Å². The van der Waals surface area contributed by atoms with Crippen molar-refractivity contribution in [3.8, 4) is 0 Å². The maximum atomic E-state index is 11.8. The Kier molecular flexibility index (Phi) is 2.69. The molecule has 1 N–H and O–H groups in total. The topological polar surface area (TPSA) is 49.8 Å². The van der Waals surface area contributed by atoms with Crippen LogP contribution in [0.3, 0.4) is 0 Å². The summed E-state index contributed by atoms with van der Waals surface area (Å²) in [4.78, 5) is 13.5. The van der Waals surface area contributed by atoms with Crippen LogP contribution in [0.2, 0.25) is 0 Å². The lowest BCUT2D eigenvalue weighted by molar-refractivity contribution is -0.142. The second-order valence-electron chi connectivity index (χ2n) is 4.29. The van der Waals surface area contributed by atoms with Crippen molar-refractivity contribution < 1.29 is 14.6 Å². The van der Waals surface area contributed by atoms with Crippen LogP contribution in [0.25, 0.3) is 0 Å². The minimum Gasteiger partial charge on any atom is -0.472 e. The van der Waals surface area contributed by atoms with E-state index in [4.69, 9.17) is 4.74 Å². The standard InChI is InChI=1S/C11H17NO3/c1-3-7-8-4-5-12(2)10(13)9(8)6-15-11(7)14/h6-8,11,14H,3-5H2,1-2H3/t7-,8-,11-/m0/s1. The van der Waals surface area contributed by atoms with E-state index >= 15 is 0 Å². The smallest absolute Gasteiger partial charge is 0.252 e. The molecule has 2 heterocycles. The highest BCUT2D eigenvalue weighted by atomic mass is 16.6. The number of carbonyl (C=O) groups excluding carboxylic acids is 1. The molecular weight excluding hydrogens is 194 g/mol. The van der Waals surface area contributed by atoms with Crippen LogP contribution in [0.15, 0.2) is 11.8 Å². The fourth-order valence-corrected chi connectivity index (χ4v) is 2.48. The second-order valence-corrected chi connectivity index (χ2v) is 4.29. The van der Waals surface area contributed by atoms with Crippen LogP contribution in [0.4, 0.5) is 0 Å².